The second-order valence-corrected chi connectivity index (χ2v) is 6.64. The Bertz CT molecular complexity index is 291. The van der Waals surface area contributed by atoms with Crippen LogP contribution in [-0.2, 0) is 4.79 Å². The van der Waals surface area contributed by atoms with Crippen molar-refractivity contribution in [2.45, 2.75) is 76.8 Å². The maximum absolute atomic E-state index is 11.1. The molecular weight excluding hydrogens is 238 g/mol. The van der Waals surface area contributed by atoms with E-state index < -0.39 is 5.97 Å². The van der Waals surface area contributed by atoms with Gasteiger partial charge in [-0.2, -0.15) is 0 Å². The molecule has 0 aromatic rings. The summed E-state index contributed by atoms with van der Waals surface area (Å²) in [6.45, 7) is 2.07. The molecule has 0 aromatic carbocycles. The van der Waals surface area contributed by atoms with E-state index in [1.165, 1.54) is 32.1 Å². The van der Waals surface area contributed by atoms with Gasteiger partial charge in [0.1, 0.15) is 0 Å². The van der Waals surface area contributed by atoms with Crippen LogP contribution in [-0.4, -0.2) is 35.1 Å². The second-order valence-electron chi connectivity index (χ2n) is 6.64. The van der Waals surface area contributed by atoms with Crippen LogP contribution in [0.25, 0.3) is 0 Å². The summed E-state index contributed by atoms with van der Waals surface area (Å²) >= 11 is 0. The average Bonchev–Trinajstić information content (AvgIpc) is 2.61. The number of nitrogens with zero attached hydrogens (tertiary/aromatic N) is 1. The van der Waals surface area contributed by atoms with Crippen molar-refractivity contribution < 1.29 is 9.90 Å². The lowest BCUT2D eigenvalue weighted by Crippen LogP contribution is -2.39. The van der Waals surface area contributed by atoms with Gasteiger partial charge in [0.2, 0.25) is 0 Å². The lowest BCUT2D eigenvalue weighted by Gasteiger charge is -2.36. The number of fused-ring (bicyclic) bond motifs is 2. The molecule has 3 nitrogen and oxygen atoms in total. The molecule has 0 aliphatic carbocycles. The molecule has 110 valence electrons. The van der Waals surface area contributed by atoms with E-state index in [0.29, 0.717) is 0 Å². The summed E-state index contributed by atoms with van der Waals surface area (Å²) in [7, 11) is 2.28. The van der Waals surface area contributed by atoms with Crippen LogP contribution in [0.3, 0.4) is 0 Å². The van der Waals surface area contributed by atoms with E-state index in [1.807, 2.05) is 0 Å². The topological polar surface area (TPSA) is 40.5 Å². The first-order valence-electron chi connectivity index (χ1n) is 8.06. The minimum atomic E-state index is -0.592. The van der Waals surface area contributed by atoms with Crippen LogP contribution in [0.5, 0.6) is 0 Å². The number of carbonyl (C=O) groups is 1. The molecule has 2 heterocycles. The summed E-state index contributed by atoms with van der Waals surface area (Å²) in [4.78, 5) is 13.7. The molecule has 3 atom stereocenters. The van der Waals surface area contributed by atoms with Crippen LogP contribution in [0.1, 0.15) is 64.7 Å². The number of piperidine rings is 1. The summed E-state index contributed by atoms with van der Waals surface area (Å²) in [5.74, 6) is 0.156. The Kier molecular flexibility index (Phi) is 5.26. The highest BCUT2D eigenvalue weighted by atomic mass is 16.4. The largest absolute Gasteiger partial charge is 0.481 e. The van der Waals surface area contributed by atoms with E-state index in [1.54, 1.807) is 0 Å². The van der Waals surface area contributed by atoms with Gasteiger partial charge >= 0.3 is 5.97 Å². The fourth-order valence-corrected chi connectivity index (χ4v) is 4.15. The first kappa shape index (κ1) is 14.8. The monoisotopic (exact) mass is 267 g/mol. The molecule has 3 heteroatoms. The summed E-state index contributed by atoms with van der Waals surface area (Å²) in [6.07, 6.45) is 10.5. The molecule has 0 amide bonds. The van der Waals surface area contributed by atoms with Crippen LogP contribution in [0.2, 0.25) is 0 Å². The minimum Gasteiger partial charge on any atom is -0.481 e. The predicted molar refractivity (Wildman–Crippen MR) is 77.2 cm³/mol. The van der Waals surface area contributed by atoms with Crippen LogP contribution in [0.4, 0.5) is 0 Å². The van der Waals surface area contributed by atoms with Crippen molar-refractivity contribution in [3.63, 3.8) is 0 Å². The summed E-state index contributed by atoms with van der Waals surface area (Å²) in [5, 5.41) is 9.16. The molecule has 0 saturated carbocycles. The van der Waals surface area contributed by atoms with E-state index in [2.05, 4.69) is 18.9 Å². The SMILES string of the molecule is CCCC(CCCC1CC2CCC(C1)N2C)C(=O)O. The van der Waals surface area contributed by atoms with Crippen molar-refractivity contribution in [1.82, 2.24) is 4.90 Å². The van der Waals surface area contributed by atoms with Crippen molar-refractivity contribution in [1.29, 1.82) is 0 Å². The standard InChI is InChI=1S/C16H29NO2/c1-3-5-13(16(18)19)7-4-6-12-10-14-8-9-15(11-12)17(14)2/h12-15H,3-11H2,1-2H3,(H,18,19). The number of carboxylic acid groups (broad SMARTS) is 1. The molecule has 2 saturated heterocycles. The smallest absolute Gasteiger partial charge is 0.306 e. The van der Waals surface area contributed by atoms with Gasteiger partial charge in [0.15, 0.2) is 0 Å². The Labute approximate surface area is 117 Å². The van der Waals surface area contributed by atoms with Gasteiger partial charge in [-0.3, -0.25) is 4.79 Å². The van der Waals surface area contributed by atoms with E-state index in [0.717, 1.165) is 43.7 Å². The second kappa shape index (κ2) is 6.74. The molecule has 2 aliphatic heterocycles. The Morgan fingerprint density at radius 1 is 1.26 bits per heavy atom. The van der Waals surface area contributed by atoms with Crippen molar-refractivity contribution in [3.05, 3.63) is 0 Å². The van der Waals surface area contributed by atoms with Crippen molar-refractivity contribution in [2.75, 3.05) is 7.05 Å². The highest BCUT2D eigenvalue weighted by Gasteiger charge is 2.37. The molecule has 2 fully saturated rings. The summed E-state index contributed by atoms with van der Waals surface area (Å²) < 4.78 is 0. The first-order chi connectivity index (χ1) is 9.11. The lowest BCUT2D eigenvalue weighted by molar-refractivity contribution is -0.142. The van der Waals surface area contributed by atoms with Crippen molar-refractivity contribution in [2.24, 2.45) is 11.8 Å². The normalized spacial score (nSPS) is 32.4. The Morgan fingerprint density at radius 2 is 1.89 bits per heavy atom. The molecule has 1 N–H and O–H groups in total. The number of aliphatic carboxylic acids is 1. The van der Waals surface area contributed by atoms with Crippen LogP contribution < -0.4 is 0 Å². The van der Waals surface area contributed by atoms with Gasteiger partial charge in [-0.05, 0) is 51.5 Å². The fourth-order valence-electron chi connectivity index (χ4n) is 4.15. The first-order valence-corrected chi connectivity index (χ1v) is 8.06. The van der Waals surface area contributed by atoms with Gasteiger partial charge in [-0.25, -0.2) is 0 Å². The van der Waals surface area contributed by atoms with E-state index in [4.69, 9.17) is 5.11 Å². The molecule has 2 aliphatic rings. The molecule has 0 radical (unpaired) electrons. The summed E-state index contributed by atoms with van der Waals surface area (Å²) in [6, 6.07) is 1.63. The highest BCUT2D eigenvalue weighted by Crippen LogP contribution is 2.39. The zero-order chi connectivity index (χ0) is 13.8. The Hall–Kier alpha value is -0.570. The third kappa shape index (κ3) is 3.71. The molecule has 2 bridgehead atoms. The highest BCUT2D eigenvalue weighted by molar-refractivity contribution is 5.69. The van der Waals surface area contributed by atoms with Gasteiger partial charge in [-0.1, -0.05) is 26.2 Å². The van der Waals surface area contributed by atoms with Crippen molar-refractivity contribution in [3.8, 4) is 0 Å². The van der Waals surface area contributed by atoms with Gasteiger partial charge in [0.25, 0.3) is 0 Å². The number of carboxylic acids is 1. The zero-order valence-corrected chi connectivity index (χ0v) is 12.5. The van der Waals surface area contributed by atoms with E-state index in [-0.39, 0.29) is 5.92 Å². The van der Waals surface area contributed by atoms with Crippen LogP contribution >= 0.6 is 0 Å². The maximum atomic E-state index is 11.1. The predicted octanol–water partition coefficient (Wildman–Crippen LogP) is 3.53. The number of hydrogen-bond donors (Lipinski definition) is 1. The zero-order valence-electron chi connectivity index (χ0n) is 12.5. The summed E-state index contributed by atoms with van der Waals surface area (Å²) in [5.41, 5.74) is 0. The molecular formula is C16H29NO2. The third-order valence-electron chi connectivity index (χ3n) is 5.35. The molecule has 2 rings (SSSR count). The van der Waals surface area contributed by atoms with Gasteiger partial charge in [-0.15, -0.1) is 0 Å². The Morgan fingerprint density at radius 3 is 2.42 bits per heavy atom. The molecule has 19 heavy (non-hydrogen) atoms. The van der Waals surface area contributed by atoms with Crippen LogP contribution in [0.15, 0.2) is 0 Å². The molecule has 0 spiro atoms. The van der Waals surface area contributed by atoms with E-state index >= 15 is 0 Å². The molecule has 0 aromatic heterocycles. The fraction of sp³-hybridized carbons (Fsp3) is 0.938. The van der Waals surface area contributed by atoms with Crippen LogP contribution in [0, 0.1) is 11.8 Å². The van der Waals surface area contributed by atoms with Gasteiger partial charge in [0, 0.05) is 12.1 Å². The Balaban J connectivity index is 1.70. The third-order valence-corrected chi connectivity index (χ3v) is 5.35. The van der Waals surface area contributed by atoms with Gasteiger partial charge < -0.3 is 10.0 Å². The maximum Gasteiger partial charge on any atom is 0.306 e. The van der Waals surface area contributed by atoms with Gasteiger partial charge in [0.05, 0.1) is 5.92 Å². The number of rotatable bonds is 7. The minimum absolute atomic E-state index is 0.104. The quantitative estimate of drug-likeness (QED) is 0.767. The lowest BCUT2D eigenvalue weighted by atomic mass is 9.85. The number of hydrogen-bond acceptors (Lipinski definition) is 2. The van der Waals surface area contributed by atoms with Crippen molar-refractivity contribution >= 4 is 5.97 Å². The molecule has 3 unspecified atom stereocenters. The van der Waals surface area contributed by atoms with E-state index in [9.17, 15) is 4.79 Å². The average molecular weight is 267 g/mol.